The van der Waals surface area contributed by atoms with E-state index in [-0.39, 0.29) is 6.54 Å². The smallest absolute Gasteiger partial charge is 0.337 e. The van der Waals surface area contributed by atoms with Crippen LogP contribution < -0.4 is 10.6 Å². The molecule has 0 fully saturated rings. The number of oxazole rings is 1. The van der Waals surface area contributed by atoms with E-state index < -0.39 is 24.1 Å². The van der Waals surface area contributed by atoms with Crippen LogP contribution in [0.4, 0.5) is 4.79 Å². The van der Waals surface area contributed by atoms with Crippen molar-refractivity contribution in [3.63, 3.8) is 0 Å². The lowest BCUT2D eigenvalue weighted by molar-refractivity contribution is -0.155. The molecule has 1 aromatic rings. The largest absolute Gasteiger partial charge is 0.479 e. The molecule has 8 nitrogen and oxygen atoms in total. The van der Waals surface area contributed by atoms with Crippen molar-refractivity contribution in [3.8, 4) is 0 Å². The predicted molar refractivity (Wildman–Crippen MR) is 59.7 cm³/mol. The summed E-state index contributed by atoms with van der Waals surface area (Å²) in [5.74, 6) is -0.445. The maximum atomic E-state index is 11.3. The van der Waals surface area contributed by atoms with Gasteiger partial charge < -0.3 is 25.3 Å². The zero-order valence-corrected chi connectivity index (χ0v) is 10.1. The van der Waals surface area contributed by atoms with E-state index in [0.29, 0.717) is 11.7 Å². The summed E-state index contributed by atoms with van der Waals surface area (Å²) in [6, 6.07) is -0.618. The molecule has 1 aromatic heterocycles. The van der Waals surface area contributed by atoms with Crippen LogP contribution >= 0.6 is 0 Å². The first-order valence-corrected chi connectivity index (χ1v) is 5.20. The van der Waals surface area contributed by atoms with E-state index in [0.717, 1.165) is 6.92 Å². The van der Waals surface area contributed by atoms with Crippen molar-refractivity contribution in [3.05, 3.63) is 17.8 Å². The average molecular weight is 257 g/mol. The highest BCUT2D eigenvalue weighted by molar-refractivity contribution is 5.79. The van der Waals surface area contributed by atoms with E-state index in [1.165, 1.54) is 6.20 Å². The molecule has 0 saturated heterocycles. The molecule has 1 rings (SSSR count). The summed E-state index contributed by atoms with van der Waals surface area (Å²) >= 11 is 0. The van der Waals surface area contributed by atoms with Gasteiger partial charge in [-0.05, 0) is 13.8 Å². The van der Waals surface area contributed by atoms with Crippen molar-refractivity contribution in [2.45, 2.75) is 26.0 Å². The van der Waals surface area contributed by atoms with Crippen molar-refractivity contribution in [2.75, 3.05) is 6.54 Å². The summed E-state index contributed by atoms with van der Waals surface area (Å²) in [5, 5.41) is 22.6. The maximum Gasteiger partial charge on any atom is 0.337 e. The Hall–Kier alpha value is -2.09. The van der Waals surface area contributed by atoms with E-state index in [4.69, 9.17) is 9.52 Å². The molecular formula is C10H15N3O5. The molecule has 0 aliphatic heterocycles. The van der Waals surface area contributed by atoms with Gasteiger partial charge in [0.1, 0.15) is 5.76 Å². The van der Waals surface area contributed by atoms with Crippen molar-refractivity contribution in [1.29, 1.82) is 0 Å². The highest BCUT2D eigenvalue weighted by atomic mass is 16.4. The minimum absolute atomic E-state index is 0.0783. The zero-order valence-electron chi connectivity index (χ0n) is 10.1. The van der Waals surface area contributed by atoms with Crippen LogP contribution in [0.5, 0.6) is 0 Å². The Morgan fingerprint density at radius 3 is 2.67 bits per heavy atom. The van der Waals surface area contributed by atoms with Crippen LogP contribution in [-0.4, -0.2) is 39.3 Å². The van der Waals surface area contributed by atoms with Gasteiger partial charge in [0.05, 0.1) is 19.3 Å². The number of amides is 2. The van der Waals surface area contributed by atoms with Crippen LogP contribution in [0.1, 0.15) is 18.6 Å². The summed E-state index contributed by atoms with van der Waals surface area (Å²) in [5.41, 5.74) is -2.00. The second-order valence-corrected chi connectivity index (χ2v) is 3.98. The Labute approximate surface area is 103 Å². The summed E-state index contributed by atoms with van der Waals surface area (Å²) in [7, 11) is 0. The van der Waals surface area contributed by atoms with E-state index in [1.54, 1.807) is 6.92 Å². The van der Waals surface area contributed by atoms with Gasteiger partial charge in [0.15, 0.2) is 5.60 Å². The van der Waals surface area contributed by atoms with Crippen LogP contribution in [0.3, 0.4) is 0 Å². The average Bonchev–Trinajstić information content (AvgIpc) is 2.69. The molecule has 0 spiro atoms. The lowest BCUT2D eigenvalue weighted by Crippen LogP contribution is -2.49. The normalized spacial score (nSPS) is 13.7. The Balaban J connectivity index is 2.32. The predicted octanol–water partition coefficient (Wildman–Crippen LogP) is -0.382. The number of aromatic nitrogens is 1. The van der Waals surface area contributed by atoms with Crippen molar-refractivity contribution in [2.24, 2.45) is 0 Å². The minimum Gasteiger partial charge on any atom is -0.479 e. The number of carboxylic acids is 1. The van der Waals surface area contributed by atoms with Gasteiger partial charge in [0.2, 0.25) is 5.89 Å². The maximum absolute atomic E-state index is 11.3. The first-order valence-electron chi connectivity index (χ1n) is 5.20. The SMILES string of the molecule is Cc1cnc(CNC(=O)NCC(C)(O)C(=O)O)o1. The Morgan fingerprint density at radius 2 is 2.17 bits per heavy atom. The van der Waals surface area contributed by atoms with Crippen LogP contribution in [0.15, 0.2) is 10.6 Å². The van der Waals surface area contributed by atoms with Gasteiger partial charge >= 0.3 is 12.0 Å². The molecule has 1 unspecified atom stereocenters. The summed E-state index contributed by atoms with van der Waals surface area (Å²) in [6.07, 6.45) is 1.52. The summed E-state index contributed by atoms with van der Waals surface area (Å²) < 4.78 is 5.12. The Kier molecular flexibility index (Phi) is 4.27. The fourth-order valence-corrected chi connectivity index (χ4v) is 1.03. The summed E-state index contributed by atoms with van der Waals surface area (Å²) in [4.78, 5) is 25.7. The summed E-state index contributed by atoms with van der Waals surface area (Å²) in [6.45, 7) is 2.49. The van der Waals surface area contributed by atoms with Gasteiger partial charge in [0.25, 0.3) is 0 Å². The first-order chi connectivity index (χ1) is 8.31. The third-order valence-corrected chi connectivity index (χ3v) is 2.12. The highest BCUT2D eigenvalue weighted by Crippen LogP contribution is 2.01. The van der Waals surface area contributed by atoms with E-state index in [9.17, 15) is 14.7 Å². The number of carbonyl (C=O) groups excluding carboxylic acids is 1. The van der Waals surface area contributed by atoms with Crippen molar-refractivity contribution >= 4 is 12.0 Å². The molecule has 100 valence electrons. The van der Waals surface area contributed by atoms with Crippen LogP contribution in [0.2, 0.25) is 0 Å². The molecule has 0 bridgehead atoms. The van der Waals surface area contributed by atoms with Crippen LogP contribution in [-0.2, 0) is 11.3 Å². The number of aryl methyl sites for hydroxylation is 1. The number of carbonyl (C=O) groups is 2. The first kappa shape index (κ1) is 14.0. The fraction of sp³-hybridized carbons (Fsp3) is 0.500. The molecule has 0 saturated carbocycles. The Morgan fingerprint density at radius 1 is 1.50 bits per heavy atom. The lowest BCUT2D eigenvalue weighted by Gasteiger charge is -2.18. The molecule has 18 heavy (non-hydrogen) atoms. The number of carboxylic acid groups (broad SMARTS) is 1. The Bertz CT molecular complexity index is 440. The van der Waals surface area contributed by atoms with E-state index in [1.807, 2.05) is 0 Å². The fourth-order valence-electron chi connectivity index (χ4n) is 1.03. The second kappa shape index (κ2) is 5.50. The van der Waals surface area contributed by atoms with Crippen LogP contribution in [0, 0.1) is 6.92 Å². The number of nitrogens with zero attached hydrogens (tertiary/aromatic N) is 1. The molecular weight excluding hydrogens is 242 g/mol. The number of urea groups is 1. The minimum atomic E-state index is -2.00. The standard InChI is InChI=1S/C10H15N3O5/c1-6-3-11-7(18-6)4-12-9(16)13-5-10(2,17)8(14)15/h3,17H,4-5H2,1-2H3,(H,14,15)(H2,12,13,16). The molecule has 0 radical (unpaired) electrons. The van der Waals surface area contributed by atoms with Crippen LogP contribution in [0.25, 0.3) is 0 Å². The van der Waals surface area contributed by atoms with Crippen molar-refractivity contribution < 1.29 is 24.2 Å². The highest BCUT2D eigenvalue weighted by Gasteiger charge is 2.30. The molecule has 1 heterocycles. The van der Waals surface area contributed by atoms with E-state index >= 15 is 0 Å². The number of nitrogens with one attached hydrogen (secondary N) is 2. The molecule has 0 aromatic carbocycles. The van der Waals surface area contributed by atoms with Gasteiger partial charge in [0, 0.05) is 0 Å². The van der Waals surface area contributed by atoms with Gasteiger partial charge in [-0.25, -0.2) is 14.6 Å². The van der Waals surface area contributed by atoms with Gasteiger partial charge in [-0.1, -0.05) is 0 Å². The number of aliphatic carboxylic acids is 1. The third-order valence-electron chi connectivity index (χ3n) is 2.12. The van der Waals surface area contributed by atoms with Gasteiger partial charge in [-0.15, -0.1) is 0 Å². The molecule has 8 heteroatoms. The van der Waals surface area contributed by atoms with Gasteiger partial charge in [-0.2, -0.15) is 0 Å². The molecule has 2 amide bonds. The van der Waals surface area contributed by atoms with Gasteiger partial charge in [-0.3, -0.25) is 0 Å². The second-order valence-electron chi connectivity index (χ2n) is 3.98. The van der Waals surface area contributed by atoms with Crippen molar-refractivity contribution in [1.82, 2.24) is 15.6 Å². The quantitative estimate of drug-likeness (QED) is 0.569. The number of hydrogen-bond acceptors (Lipinski definition) is 5. The zero-order chi connectivity index (χ0) is 13.8. The lowest BCUT2D eigenvalue weighted by atomic mass is 10.1. The number of aliphatic hydroxyl groups is 1. The van der Waals surface area contributed by atoms with E-state index in [2.05, 4.69) is 15.6 Å². The third kappa shape index (κ3) is 4.06. The number of hydrogen-bond donors (Lipinski definition) is 4. The number of rotatable bonds is 5. The molecule has 0 aliphatic rings. The molecule has 4 N–H and O–H groups in total. The molecule has 1 atom stereocenters. The monoisotopic (exact) mass is 257 g/mol. The molecule has 0 aliphatic carbocycles. The topological polar surface area (TPSA) is 125 Å².